The van der Waals surface area contributed by atoms with E-state index < -0.39 is 0 Å². The molecule has 0 saturated carbocycles. The monoisotopic (exact) mass is 398 g/mol. The standard InChI is InChI=1S/C19H22N6O2S/c1-24(2)18(26)13-7-8-17-16(11-13)22-23-25(17)10-9-20-19(27)21-14-5-4-6-15(12-14)28-3/h4-8,11-12H,9-10H2,1-3H3,(H2,20,21,27). The Hall–Kier alpha value is -3.07. The molecule has 0 saturated heterocycles. The first kappa shape index (κ1) is 19.7. The van der Waals surface area contributed by atoms with Gasteiger partial charge in [0.05, 0.1) is 12.1 Å². The van der Waals surface area contributed by atoms with E-state index >= 15 is 0 Å². The molecule has 0 unspecified atom stereocenters. The molecule has 9 heteroatoms. The molecule has 0 aliphatic heterocycles. The third-order valence-corrected chi connectivity index (χ3v) is 4.83. The summed E-state index contributed by atoms with van der Waals surface area (Å²) in [4.78, 5) is 26.7. The smallest absolute Gasteiger partial charge is 0.319 e. The van der Waals surface area contributed by atoms with Gasteiger partial charge in [-0.15, -0.1) is 16.9 Å². The van der Waals surface area contributed by atoms with Crippen LogP contribution in [0.2, 0.25) is 0 Å². The summed E-state index contributed by atoms with van der Waals surface area (Å²) in [7, 11) is 3.41. The summed E-state index contributed by atoms with van der Waals surface area (Å²) >= 11 is 1.62. The SMILES string of the molecule is CSc1cccc(NC(=O)NCCn2nnc3cc(C(=O)N(C)C)ccc32)c1. The number of nitrogens with zero attached hydrogens (tertiary/aromatic N) is 4. The molecule has 0 bridgehead atoms. The summed E-state index contributed by atoms with van der Waals surface area (Å²) in [5, 5.41) is 13.9. The molecule has 28 heavy (non-hydrogen) atoms. The number of fused-ring (bicyclic) bond motifs is 1. The Kier molecular flexibility index (Phi) is 6.15. The molecule has 146 valence electrons. The van der Waals surface area contributed by atoms with Crippen molar-refractivity contribution in [2.45, 2.75) is 11.4 Å². The van der Waals surface area contributed by atoms with Gasteiger partial charge in [0, 0.05) is 36.8 Å². The fourth-order valence-corrected chi connectivity index (χ4v) is 3.14. The van der Waals surface area contributed by atoms with Crippen LogP contribution in [0.3, 0.4) is 0 Å². The van der Waals surface area contributed by atoms with Crippen molar-refractivity contribution in [3.05, 3.63) is 48.0 Å². The predicted molar refractivity (Wildman–Crippen MR) is 111 cm³/mol. The lowest BCUT2D eigenvalue weighted by Gasteiger charge is -2.10. The highest BCUT2D eigenvalue weighted by atomic mass is 32.2. The van der Waals surface area contributed by atoms with Crippen molar-refractivity contribution in [2.24, 2.45) is 0 Å². The Labute approximate surface area is 167 Å². The second kappa shape index (κ2) is 8.75. The van der Waals surface area contributed by atoms with Crippen LogP contribution >= 0.6 is 11.8 Å². The number of thioether (sulfide) groups is 1. The van der Waals surface area contributed by atoms with Gasteiger partial charge in [-0.1, -0.05) is 11.3 Å². The van der Waals surface area contributed by atoms with Crippen LogP contribution in [0.1, 0.15) is 10.4 Å². The van der Waals surface area contributed by atoms with Gasteiger partial charge in [0.25, 0.3) is 5.91 Å². The molecule has 8 nitrogen and oxygen atoms in total. The Morgan fingerprint density at radius 1 is 1.18 bits per heavy atom. The maximum absolute atomic E-state index is 12.1. The van der Waals surface area contributed by atoms with Crippen LogP contribution < -0.4 is 10.6 Å². The van der Waals surface area contributed by atoms with Gasteiger partial charge in [-0.3, -0.25) is 4.79 Å². The summed E-state index contributed by atoms with van der Waals surface area (Å²) in [6.45, 7) is 0.862. The van der Waals surface area contributed by atoms with E-state index in [4.69, 9.17) is 0 Å². The van der Waals surface area contributed by atoms with Crippen molar-refractivity contribution in [3.8, 4) is 0 Å². The summed E-state index contributed by atoms with van der Waals surface area (Å²) in [6, 6.07) is 12.7. The fraction of sp³-hybridized carbons (Fsp3) is 0.263. The number of urea groups is 1. The van der Waals surface area contributed by atoms with E-state index in [1.807, 2.05) is 36.6 Å². The lowest BCUT2D eigenvalue weighted by Crippen LogP contribution is -2.31. The van der Waals surface area contributed by atoms with Gasteiger partial charge in [-0.05, 0) is 42.7 Å². The number of aromatic nitrogens is 3. The van der Waals surface area contributed by atoms with E-state index in [1.165, 1.54) is 4.90 Å². The van der Waals surface area contributed by atoms with Crippen molar-refractivity contribution in [3.63, 3.8) is 0 Å². The lowest BCUT2D eigenvalue weighted by atomic mass is 10.2. The van der Waals surface area contributed by atoms with E-state index in [9.17, 15) is 9.59 Å². The van der Waals surface area contributed by atoms with Gasteiger partial charge in [-0.25, -0.2) is 9.48 Å². The molecule has 0 aliphatic carbocycles. The van der Waals surface area contributed by atoms with Crippen molar-refractivity contribution in [2.75, 3.05) is 32.2 Å². The third-order valence-electron chi connectivity index (χ3n) is 4.10. The molecule has 1 aromatic heterocycles. The Morgan fingerprint density at radius 2 is 2.00 bits per heavy atom. The number of carbonyl (C=O) groups excluding carboxylic acids is 2. The van der Waals surface area contributed by atoms with E-state index in [0.717, 1.165) is 16.1 Å². The molecule has 0 atom stereocenters. The molecule has 0 radical (unpaired) electrons. The number of amides is 3. The van der Waals surface area contributed by atoms with Crippen LogP contribution in [0, 0.1) is 0 Å². The van der Waals surface area contributed by atoms with Crippen LogP contribution in [0.5, 0.6) is 0 Å². The van der Waals surface area contributed by atoms with Crippen molar-refractivity contribution >= 4 is 40.4 Å². The predicted octanol–water partition coefficient (Wildman–Crippen LogP) is 2.68. The first-order valence-electron chi connectivity index (χ1n) is 8.72. The summed E-state index contributed by atoms with van der Waals surface area (Å²) < 4.78 is 1.70. The average molecular weight is 398 g/mol. The molecule has 2 N–H and O–H groups in total. The second-order valence-electron chi connectivity index (χ2n) is 6.33. The highest BCUT2D eigenvalue weighted by molar-refractivity contribution is 7.98. The third kappa shape index (κ3) is 4.61. The molecule has 0 fully saturated rings. The molecule has 0 aliphatic rings. The Bertz CT molecular complexity index is 1000. The molecule has 0 spiro atoms. The second-order valence-corrected chi connectivity index (χ2v) is 7.21. The largest absolute Gasteiger partial charge is 0.345 e. The number of hydrogen-bond acceptors (Lipinski definition) is 5. The zero-order valence-electron chi connectivity index (χ0n) is 16.0. The van der Waals surface area contributed by atoms with Crippen LogP contribution in [0.4, 0.5) is 10.5 Å². The quantitative estimate of drug-likeness (QED) is 0.623. The Balaban J connectivity index is 1.58. The maximum Gasteiger partial charge on any atom is 0.319 e. The highest BCUT2D eigenvalue weighted by Crippen LogP contribution is 2.18. The van der Waals surface area contributed by atoms with E-state index in [0.29, 0.717) is 24.2 Å². The van der Waals surface area contributed by atoms with Crippen molar-refractivity contribution in [1.82, 2.24) is 25.2 Å². The number of nitrogens with one attached hydrogen (secondary N) is 2. The van der Waals surface area contributed by atoms with Gasteiger partial charge in [0.15, 0.2) is 0 Å². The van der Waals surface area contributed by atoms with Crippen LogP contribution in [0.25, 0.3) is 11.0 Å². The van der Waals surface area contributed by atoms with E-state index in [2.05, 4.69) is 20.9 Å². The topological polar surface area (TPSA) is 92.1 Å². The number of anilines is 1. The molecular formula is C19H22N6O2S. The molecular weight excluding hydrogens is 376 g/mol. The summed E-state index contributed by atoms with van der Waals surface area (Å²) in [5.74, 6) is -0.0830. The minimum atomic E-state index is -0.276. The zero-order chi connectivity index (χ0) is 20.1. The normalized spacial score (nSPS) is 10.7. The molecule has 1 heterocycles. The molecule has 3 rings (SSSR count). The van der Waals surface area contributed by atoms with E-state index in [1.54, 1.807) is 42.7 Å². The minimum Gasteiger partial charge on any atom is -0.345 e. The van der Waals surface area contributed by atoms with E-state index in [-0.39, 0.29) is 11.9 Å². The van der Waals surface area contributed by atoms with Gasteiger partial charge in [0.1, 0.15) is 5.52 Å². The number of carbonyl (C=O) groups is 2. The minimum absolute atomic E-state index is 0.0830. The molecule has 3 aromatic rings. The maximum atomic E-state index is 12.1. The van der Waals surface area contributed by atoms with Crippen LogP contribution in [0.15, 0.2) is 47.4 Å². The number of benzene rings is 2. The van der Waals surface area contributed by atoms with Crippen LogP contribution in [-0.2, 0) is 6.54 Å². The average Bonchev–Trinajstić information content (AvgIpc) is 3.09. The first-order chi connectivity index (χ1) is 13.5. The number of rotatable bonds is 6. The summed E-state index contributed by atoms with van der Waals surface area (Å²) in [6.07, 6.45) is 1.99. The lowest BCUT2D eigenvalue weighted by molar-refractivity contribution is 0.0827. The molecule has 3 amide bonds. The van der Waals surface area contributed by atoms with Crippen molar-refractivity contribution in [1.29, 1.82) is 0 Å². The van der Waals surface area contributed by atoms with Gasteiger partial charge in [-0.2, -0.15) is 0 Å². The highest BCUT2D eigenvalue weighted by Gasteiger charge is 2.12. The van der Waals surface area contributed by atoms with Gasteiger partial charge < -0.3 is 15.5 Å². The van der Waals surface area contributed by atoms with Gasteiger partial charge >= 0.3 is 6.03 Å². The Morgan fingerprint density at radius 3 is 2.75 bits per heavy atom. The van der Waals surface area contributed by atoms with Gasteiger partial charge in [0.2, 0.25) is 0 Å². The zero-order valence-corrected chi connectivity index (χ0v) is 16.8. The van der Waals surface area contributed by atoms with Crippen LogP contribution in [-0.4, -0.2) is 58.7 Å². The van der Waals surface area contributed by atoms with Crippen molar-refractivity contribution < 1.29 is 9.59 Å². The number of hydrogen-bond donors (Lipinski definition) is 2. The first-order valence-corrected chi connectivity index (χ1v) is 9.94. The fourth-order valence-electron chi connectivity index (χ4n) is 2.68. The molecule has 2 aromatic carbocycles. The summed E-state index contributed by atoms with van der Waals surface area (Å²) in [5.41, 5.74) is 2.76.